The Labute approximate surface area is 146 Å². The fourth-order valence-electron chi connectivity index (χ4n) is 1.45. The van der Waals surface area contributed by atoms with Gasteiger partial charge >= 0.3 is 0 Å². The third-order valence-electron chi connectivity index (χ3n) is 2.48. The van der Waals surface area contributed by atoms with Crippen molar-refractivity contribution in [2.24, 2.45) is 4.99 Å². The molecule has 1 heterocycles. The Kier molecular flexibility index (Phi) is 11.2. The van der Waals surface area contributed by atoms with E-state index in [1.807, 2.05) is 6.92 Å². The van der Waals surface area contributed by atoms with Gasteiger partial charge in [-0.05, 0) is 6.92 Å². The van der Waals surface area contributed by atoms with E-state index >= 15 is 0 Å². The van der Waals surface area contributed by atoms with Gasteiger partial charge in [-0.1, -0.05) is 0 Å². The van der Waals surface area contributed by atoms with Crippen molar-refractivity contribution in [1.29, 1.82) is 0 Å². The maximum absolute atomic E-state index is 11.8. The minimum Gasteiger partial charge on any atom is -0.383 e. The molecule has 0 unspecified atom stereocenters. The molecule has 0 fully saturated rings. The summed E-state index contributed by atoms with van der Waals surface area (Å²) >= 11 is 1.35. The number of rotatable bonds is 7. The number of aliphatic imine (C=N–C) groups is 1. The zero-order chi connectivity index (χ0) is 14.8. The van der Waals surface area contributed by atoms with Gasteiger partial charge < -0.3 is 20.7 Å². The lowest BCUT2D eigenvalue weighted by molar-refractivity contribution is 0.0957. The summed E-state index contributed by atoms with van der Waals surface area (Å²) in [5.74, 6) is 0.597. The molecule has 21 heavy (non-hydrogen) atoms. The number of ether oxygens (including phenoxy) is 1. The highest BCUT2D eigenvalue weighted by Crippen LogP contribution is 2.10. The molecule has 0 aliphatic rings. The molecule has 1 rings (SSSR count). The van der Waals surface area contributed by atoms with E-state index < -0.39 is 0 Å². The number of carbonyl (C=O) groups excluding carboxylic acids is 1. The summed E-state index contributed by atoms with van der Waals surface area (Å²) in [6.45, 7) is 4.23. The topological polar surface area (TPSA) is 87.6 Å². The van der Waals surface area contributed by atoms with Gasteiger partial charge in [-0.2, -0.15) is 0 Å². The van der Waals surface area contributed by atoms with Crippen molar-refractivity contribution in [2.45, 2.75) is 6.92 Å². The van der Waals surface area contributed by atoms with E-state index in [0.717, 1.165) is 5.69 Å². The predicted octanol–water partition coefficient (Wildman–Crippen LogP) is 0.611. The molecule has 0 bridgehead atoms. The molecular formula is C12H22IN5O2S. The molecule has 0 aromatic carbocycles. The average molecular weight is 427 g/mol. The zero-order valence-corrected chi connectivity index (χ0v) is 15.6. The molecule has 1 amide bonds. The molecule has 0 saturated carbocycles. The van der Waals surface area contributed by atoms with Gasteiger partial charge in [0.15, 0.2) is 5.96 Å². The van der Waals surface area contributed by atoms with Crippen molar-refractivity contribution >= 4 is 47.2 Å². The van der Waals surface area contributed by atoms with Gasteiger partial charge in [0, 0.05) is 33.8 Å². The Bertz CT molecular complexity index is 453. The lowest BCUT2D eigenvalue weighted by Gasteiger charge is -2.11. The van der Waals surface area contributed by atoms with Gasteiger partial charge in [-0.3, -0.25) is 9.79 Å². The normalized spacial score (nSPS) is 10.7. The second-order valence-electron chi connectivity index (χ2n) is 3.94. The summed E-state index contributed by atoms with van der Waals surface area (Å²) in [5, 5.41) is 9.02. The molecule has 120 valence electrons. The van der Waals surface area contributed by atoms with E-state index in [1.54, 1.807) is 19.7 Å². The van der Waals surface area contributed by atoms with E-state index in [2.05, 4.69) is 25.9 Å². The van der Waals surface area contributed by atoms with Crippen LogP contribution in [0.4, 0.5) is 0 Å². The van der Waals surface area contributed by atoms with Crippen LogP contribution in [-0.4, -0.2) is 57.2 Å². The van der Waals surface area contributed by atoms with Gasteiger partial charge in [0.2, 0.25) is 0 Å². The quantitative estimate of drug-likeness (QED) is 0.257. The lowest BCUT2D eigenvalue weighted by Crippen LogP contribution is -2.42. The number of aromatic nitrogens is 1. The first kappa shape index (κ1) is 20.1. The number of thiazole rings is 1. The second-order valence-corrected chi connectivity index (χ2v) is 4.80. The summed E-state index contributed by atoms with van der Waals surface area (Å²) in [4.78, 5) is 20.6. The standard InChI is InChI=1S/C12H21N5O2S.HI/c1-9-10(20-8-17-9)11(18)14-4-5-15-12(13-2)16-6-7-19-3;/h8H,4-7H2,1-3H3,(H,14,18)(H2,13,15,16);1H. The first-order valence-electron chi connectivity index (χ1n) is 6.30. The largest absolute Gasteiger partial charge is 0.383 e. The number of guanidine groups is 1. The van der Waals surface area contributed by atoms with Crippen LogP contribution in [0.25, 0.3) is 0 Å². The molecule has 0 aliphatic heterocycles. The Morgan fingerprint density at radius 3 is 2.57 bits per heavy atom. The number of nitrogens with zero attached hydrogens (tertiary/aromatic N) is 2. The van der Waals surface area contributed by atoms with Crippen LogP contribution >= 0.6 is 35.3 Å². The van der Waals surface area contributed by atoms with E-state index in [1.165, 1.54) is 11.3 Å². The van der Waals surface area contributed by atoms with Crippen molar-refractivity contribution in [3.05, 3.63) is 16.1 Å². The van der Waals surface area contributed by atoms with Crippen LogP contribution < -0.4 is 16.0 Å². The Morgan fingerprint density at radius 2 is 2.00 bits per heavy atom. The number of nitrogens with one attached hydrogen (secondary N) is 3. The first-order valence-corrected chi connectivity index (χ1v) is 7.18. The molecule has 7 nitrogen and oxygen atoms in total. The van der Waals surface area contributed by atoms with Gasteiger partial charge in [-0.25, -0.2) is 4.98 Å². The number of halogens is 1. The molecule has 0 spiro atoms. The van der Waals surface area contributed by atoms with Crippen molar-refractivity contribution in [3.8, 4) is 0 Å². The van der Waals surface area contributed by atoms with Gasteiger partial charge in [0.25, 0.3) is 5.91 Å². The Hall–Kier alpha value is -0.940. The number of methoxy groups -OCH3 is 1. The smallest absolute Gasteiger partial charge is 0.263 e. The number of hydrogen-bond acceptors (Lipinski definition) is 5. The van der Waals surface area contributed by atoms with Gasteiger partial charge in [-0.15, -0.1) is 35.3 Å². The maximum atomic E-state index is 11.8. The highest BCUT2D eigenvalue weighted by molar-refractivity contribution is 14.0. The van der Waals surface area contributed by atoms with E-state index in [9.17, 15) is 4.79 Å². The third kappa shape index (κ3) is 7.58. The van der Waals surface area contributed by atoms with Crippen LogP contribution in [-0.2, 0) is 4.74 Å². The molecule has 3 N–H and O–H groups in total. The van der Waals surface area contributed by atoms with E-state index in [-0.39, 0.29) is 29.9 Å². The first-order chi connectivity index (χ1) is 9.69. The summed E-state index contributed by atoms with van der Waals surface area (Å²) in [5.41, 5.74) is 2.43. The SMILES string of the molecule is CN=C(NCCNC(=O)c1scnc1C)NCCOC.I. The molecule has 1 aromatic rings. The summed E-state index contributed by atoms with van der Waals surface area (Å²) in [7, 11) is 3.34. The van der Waals surface area contributed by atoms with Crippen LogP contribution in [0.2, 0.25) is 0 Å². The molecular weight excluding hydrogens is 405 g/mol. The monoisotopic (exact) mass is 427 g/mol. The zero-order valence-electron chi connectivity index (χ0n) is 12.4. The Balaban J connectivity index is 0.00000400. The van der Waals surface area contributed by atoms with Gasteiger partial charge in [0.1, 0.15) is 4.88 Å². The van der Waals surface area contributed by atoms with Crippen molar-refractivity contribution in [3.63, 3.8) is 0 Å². The van der Waals surface area contributed by atoms with Crippen LogP contribution in [0.3, 0.4) is 0 Å². The molecule has 1 aromatic heterocycles. The molecule has 0 saturated heterocycles. The number of amides is 1. The number of hydrogen-bond donors (Lipinski definition) is 3. The highest BCUT2D eigenvalue weighted by atomic mass is 127. The van der Waals surface area contributed by atoms with Crippen molar-refractivity contribution < 1.29 is 9.53 Å². The van der Waals surface area contributed by atoms with Crippen molar-refractivity contribution in [1.82, 2.24) is 20.9 Å². The minimum atomic E-state index is -0.0888. The second kappa shape index (κ2) is 11.7. The molecule has 0 aliphatic carbocycles. The maximum Gasteiger partial charge on any atom is 0.263 e. The Morgan fingerprint density at radius 1 is 1.33 bits per heavy atom. The summed E-state index contributed by atoms with van der Waals surface area (Å²) in [6, 6.07) is 0. The van der Waals surface area contributed by atoms with Crippen molar-refractivity contribution in [2.75, 3.05) is 40.4 Å². The van der Waals surface area contributed by atoms with E-state index in [4.69, 9.17) is 4.74 Å². The fourth-order valence-corrected chi connectivity index (χ4v) is 2.17. The van der Waals surface area contributed by atoms with E-state index in [0.29, 0.717) is 37.1 Å². The number of aryl methyl sites for hydroxylation is 1. The summed E-state index contributed by atoms with van der Waals surface area (Å²) in [6.07, 6.45) is 0. The summed E-state index contributed by atoms with van der Waals surface area (Å²) < 4.78 is 4.94. The molecule has 9 heteroatoms. The minimum absolute atomic E-state index is 0. The molecule has 0 atom stereocenters. The predicted molar refractivity (Wildman–Crippen MR) is 95.8 cm³/mol. The van der Waals surface area contributed by atoms with Crippen LogP contribution in [0, 0.1) is 6.92 Å². The van der Waals surface area contributed by atoms with Crippen LogP contribution in [0.15, 0.2) is 10.5 Å². The van der Waals surface area contributed by atoms with Gasteiger partial charge in [0.05, 0.1) is 17.8 Å². The highest BCUT2D eigenvalue weighted by Gasteiger charge is 2.10. The molecule has 0 radical (unpaired) electrons. The lowest BCUT2D eigenvalue weighted by atomic mass is 10.4. The fraction of sp³-hybridized carbons (Fsp3) is 0.583. The van der Waals surface area contributed by atoms with Crippen LogP contribution in [0.1, 0.15) is 15.4 Å². The third-order valence-corrected chi connectivity index (χ3v) is 3.40. The van der Waals surface area contributed by atoms with Crippen LogP contribution in [0.5, 0.6) is 0 Å². The average Bonchev–Trinajstić information content (AvgIpc) is 2.87. The number of carbonyl (C=O) groups is 1.